The Hall–Kier alpha value is -2.00. The first-order valence-electron chi connectivity index (χ1n) is 6.95. The summed E-state index contributed by atoms with van der Waals surface area (Å²) in [6.45, 7) is 2.08. The van der Waals surface area contributed by atoms with Crippen molar-refractivity contribution in [2.75, 3.05) is 0 Å². The Morgan fingerprint density at radius 3 is 2.48 bits per heavy atom. The third-order valence-corrected chi connectivity index (χ3v) is 4.29. The predicted octanol–water partition coefficient (Wildman–Crippen LogP) is 5.08. The second-order valence-corrected chi connectivity index (χ2v) is 6.01. The smallest absolute Gasteiger partial charge is 0.167 e. The van der Waals surface area contributed by atoms with Gasteiger partial charge in [-0.2, -0.15) is 11.8 Å². The number of hydrogen-bond donors (Lipinski definition) is 0. The van der Waals surface area contributed by atoms with Gasteiger partial charge in [0.05, 0.1) is 5.69 Å². The zero-order valence-corrected chi connectivity index (χ0v) is 12.8. The van der Waals surface area contributed by atoms with E-state index < -0.39 is 0 Å². The van der Waals surface area contributed by atoms with Crippen molar-refractivity contribution in [2.24, 2.45) is 0 Å². The van der Waals surface area contributed by atoms with Crippen molar-refractivity contribution in [3.05, 3.63) is 77.5 Å². The third-order valence-electron chi connectivity index (χ3n) is 3.26. The first-order valence-corrected chi connectivity index (χ1v) is 8.11. The monoisotopic (exact) mass is 295 g/mol. The molecule has 1 aromatic heterocycles. The summed E-state index contributed by atoms with van der Waals surface area (Å²) in [6.07, 6.45) is 0. The van der Waals surface area contributed by atoms with Crippen LogP contribution >= 0.6 is 11.8 Å². The zero-order chi connectivity index (χ0) is 14.5. The molecule has 3 aromatic rings. The Morgan fingerprint density at radius 2 is 1.71 bits per heavy atom. The third kappa shape index (κ3) is 3.76. The highest BCUT2D eigenvalue weighted by Crippen LogP contribution is 2.23. The van der Waals surface area contributed by atoms with Crippen LogP contribution in [0.3, 0.4) is 0 Å². The van der Waals surface area contributed by atoms with Gasteiger partial charge in [-0.25, -0.2) is 0 Å². The van der Waals surface area contributed by atoms with Gasteiger partial charge in [0.15, 0.2) is 5.76 Å². The Balaban J connectivity index is 1.59. The molecule has 3 rings (SSSR count). The standard InChI is InChI=1S/C18H17NOS/c1-14-7-9-16(10-8-14)18-11-17(19-20-18)13-21-12-15-5-3-2-4-6-15/h2-11H,12-13H2,1H3. The number of aryl methyl sites for hydroxylation is 1. The molecule has 106 valence electrons. The van der Waals surface area contributed by atoms with Gasteiger partial charge in [0.1, 0.15) is 0 Å². The van der Waals surface area contributed by atoms with E-state index in [0.29, 0.717) is 0 Å². The minimum Gasteiger partial charge on any atom is -0.356 e. The van der Waals surface area contributed by atoms with Crippen LogP contribution in [0.25, 0.3) is 11.3 Å². The highest BCUT2D eigenvalue weighted by atomic mass is 32.2. The van der Waals surface area contributed by atoms with E-state index in [4.69, 9.17) is 4.52 Å². The molecule has 0 fully saturated rings. The molecule has 0 N–H and O–H groups in total. The van der Waals surface area contributed by atoms with Gasteiger partial charge in [0.2, 0.25) is 0 Å². The topological polar surface area (TPSA) is 26.0 Å². The number of rotatable bonds is 5. The Bertz CT molecular complexity index is 689. The maximum absolute atomic E-state index is 5.43. The van der Waals surface area contributed by atoms with Crippen LogP contribution in [-0.2, 0) is 11.5 Å². The Morgan fingerprint density at radius 1 is 0.952 bits per heavy atom. The van der Waals surface area contributed by atoms with E-state index in [1.54, 1.807) is 0 Å². The summed E-state index contributed by atoms with van der Waals surface area (Å²) in [4.78, 5) is 0. The fourth-order valence-corrected chi connectivity index (χ4v) is 2.96. The van der Waals surface area contributed by atoms with Gasteiger partial charge < -0.3 is 4.52 Å². The lowest BCUT2D eigenvalue weighted by Crippen LogP contribution is -1.82. The minimum absolute atomic E-state index is 0.838. The first kappa shape index (κ1) is 14.0. The molecule has 0 radical (unpaired) electrons. The largest absolute Gasteiger partial charge is 0.356 e. The van der Waals surface area contributed by atoms with Gasteiger partial charge in [-0.05, 0) is 12.5 Å². The molecule has 0 aliphatic carbocycles. The number of benzene rings is 2. The van der Waals surface area contributed by atoms with E-state index in [-0.39, 0.29) is 0 Å². The summed E-state index contributed by atoms with van der Waals surface area (Å²) in [5.41, 5.74) is 4.65. The summed E-state index contributed by atoms with van der Waals surface area (Å²) in [5.74, 6) is 2.70. The van der Waals surface area contributed by atoms with Gasteiger partial charge in [0, 0.05) is 23.1 Å². The summed E-state index contributed by atoms with van der Waals surface area (Å²) in [6, 6.07) is 20.8. The molecular formula is C18H17NOS. The molecule has 0 saturated heterocycles. The lowest BCUT2D eigenvalue weighted by molar-refractivity contribution is 0.426. The van der Waals surface area contributed by atoms with Gasteiger partial charge in [-0.3, -0.25) is 0 Å². The second-order valence-electron chi connectivity index (χ2n) is 5.03. The van der Waals surface area contributed by atoms with E-state index in [9.17, 15) is 0 Å². The molecule has 21 heavy (non-hydrogen) atoms. The van der Waals surface area contributed by atoms with Crippen molar-refractivity contribution in [1.29, 1.82) is 0 Å². The van der Waals surface area contributed by atoms with Crippen LogP contribution in [0.2, 0.25) is 0 Å². The highest BCUT2D eigenvalue weighted by molar-refractivity contribution is 7.97. The minimum atomic E-state index is 0.838. The number of aromatic nitrogens is 1. The SMILES string of the molecule is Cc1ccc(-c2cc(CSCc3ccccc3)no2)cc1. The van der Waals surface area contributed by atoms with Crippen molar-refractivity contribution >= 4 is 11.8 Å². The van der Waals surface area contributed by atoms with Gasteiger partial charge in [0.25, 0.3) is 0 Å². The normalized spacial score (nSPS) is 10.7. The average Bonchev–Trinajstić information content (AvgIpc) is 2.98. The molecule has 2 aromatic carbocycles. The summed E-state index contributed by atoms with van der Waals surface area (Å²) < 4.78 is 5.43. The van der Waals surface area contributed by atoms with Crippen LogP contribution in [0.15, 0.2) is 65.2 Å². The van der Waals surface area contributed by atoms with E-state index >= 15 is 0 Å². The highest BCUT2D eigenvalue weighted by Gasteiger charge is 2.06. The lowest BCUT2D eigenvalue weighted by atomic mass is 10.1. The van der Waals surface area contributed by atoms with E-state index in [2.05, 4.69) is 60.6 Å². The summed E-state index contributed by atoms with van der Waals surface area (Å²) >= 11 is 1.85. The number of thioether (sulfide) groups is 1. The number of nitrogens with zero attached hydrogens (tertiary/aromatic N) is 1. The predicted molar refractivity (Wildman–Crippen MR) is 88.1 cm³/mol. The van der Waals surface area contributed by atoms with E-state index in [1.807, 2.05) is 23.9 Å². The van der Waals surface area contributed by atoms with Crippen LogP contribution in [-0.4, -0.2) is 5.16 Å². The van der Waals surface area contributed by atoms with Crippen molar-refractivity contribution < 1.29 is 4.52 Å². The van der Waals surface area contributed by atoms with Crippen LogP contribution in [0, 0.1) is 6.92 Å². The van der Waals surface area contributed by atoms with E-state index in [0.717, 1.165) is 28.5 Å². The quantitative estimate of drug-likeness (QED) is 0.656. The molecule has 0 atom stereocenters. The molecule has 0 saturated carbocycles. The van der Waals surface area contributed by atoms with E-state index in [1.165, 1.54) is 11.1 Å². The maximum atomic E-state index is 5.43. The molecular weight excluding hydrogens is 278 g/mol. The zero-order valence-electron chi connectivity index (χ0n) is 12.0. The molecule has 0 amide bonds. The maximum Gasteiger partial charge on any atom is 0.167 e. The summed E-state index contributed by atoms with van der Waals surface area (Å²) in [7, 11) is 0. The van der Waals surface area contributed by atoms with Gasteiger partial charge >= 0.3 is 0 Å². The van der Waals surface area contributed by atoms with Crippen LogP contribution in [0.4, 0.5) is 0 Å². The molecule has 1 heterocycles. The van der Waals surface area contributed by atoms with Crippen LogP contribution in [0.5, 0.6) is 0 Å². The fourth-order valence-electron chi connectivity index (χ4n) is 2.08. The van der Waals surface area contributed by atoms with Crippen LogP contribution in [0.1, 0.15) is 16.8 Å². The van der Waals surface area contributed by atoms with Crippen molar-refractivity contribution in [3.63, 3.8) is 0 Å². The fraction of sp³-hybridized carbons (Fsp3) is 0.167. The second kappa shape index (κ2) is 6.64. The van der Waals surface area contributed by atoms with Crippen molar-refractivity contribution in [3.8, 4) is 11.3 Å². The molecule has 3 heteroatoms. The molecule has 0 bridgehead atoms. The molecule has 0 aliphatic heterocycles. The van der Waals surface area contributed by atoms with Gasteiger partial charge in [-0.15, -0.1) is 0 Å². The Kier molecular flexibility index (Phi) is 4.41. The lowest BCUT2D eigenvalue weighted by Gasteiger charge is -1.98. The van der Waals surface area contributed by atoms with Crippen molar-refractivity contribution in [2.45, 2.75) is 18.4 Å². The van der Waals surface area contributed by atoms with Crippen molar-refractivity contribution in [1.82, 2.24) is 5.16 Å². The summed E-state index contributed by atoms with van der Waals surface area (Å²) in [5, 5.41) is 4.15. The number of hydrogen-bond acceptors (Lipinski definition) is 3. The molecule has 0 unspecified atom stereocenters. The molecule has 0 aliphatic rings. The van der Waals surface area contributed by atoms with Crippen LogP contribution < -0.4 is 0 Å². The van der Waals surface area contributed by atoms with Gasteiger partial charge in [-0.1, -0.05) is 65.3 Å². The Labute approximate surface area is 129 Å². The average molecular weight is 295 g/mol. The molecule has 2 nitrogen and oxygen atoms in total. The molecule has 0 spiro atoms. The first-order chi connectivity index (χ1) is 10.3.